The first-order valence-corrected chi connectivity index (χ1v) is 8.78. The number of aromatic nitrogens is 1. The molecule has 1 aromatic carbocycles. The highest BCUT2D eigenvalue weighted by Crippen LogP contribution is 2.15. The van der Waals surface area contributed by atoms with E-state index in [1.165, 1.54) is 10.6 Å². The Bertz CT molecular complexity index is 880. The molecule has 1 N–H and O–H groups in total. The van der Waals surface area contributed by atoms with Gasteiger partial charge in [0.2, 0.25) is 0 Å². The number of likely N-dealkylation sites (tertiary alicyclic amines) is 1. The molecule has 1 aromatic heterocycles. The largest absolute Gasteiger partial charge is 0.349 e. The highest BCUT2D eigenvalue weighted by molar-refractivity contribution is 5.96. The summed E-state index contributed by atoms with van der Waals surface area (Å²) in [7, 11) is 1.65. The third-order valence-corrected chi connectivity index (χ3v) is 4.86. The summed E-state index contributed by atoms with van der Waals surface area (Å²) in [6.45, 7) is 3.04. The normalized spacial score (nSPS) is 14.9. The molecule has 2 aromatic rings. The van der Waals surface area contributed by atoms with Crippen LogP contribution in [0.3, 0.4) is 0 Å². The Morgan fingerprint density at radius 1 is 1.12 bits per heavy atom. The first-order valence-electron chi connectivity index (χ1n) is 8.78. The van der Waals surface area contributed by atoms with Crippen molar-refractivity contribution in [3.63, 3.8) is 0 Å². The highest BCUT2D eigenvalue weighted by atomic mass is 16.2. The van der Waals surface area contributed by atoms with Gasteiger partial charge in [-0.2, -0.15) is 0 Å². The number of hydrogen-bond acceptors (Lipinski definition) is 3. The molecule has 3 rings (SSSR count). The minimum atomic E-state index is -0.198. The highest BCUT2D eigenvalue weighted by Gasteiger charge is 2.25. The number of piperidine rings is 1. The van der Waals surface area contributed by atoms with Crippen LogP contribution in [0.2, 0.25) is 0 Å². The van der Waals surface area contributed by atoms with E-state index < -0.39 is 0 Å². The Labute approximate surface area is 152 Å². The van der Waals surface area contributed by atoms with E-state index in [0.29, 0.717) is 37.1 Å². The average molecular weight is 353 g/mol. The van der Waals surface area contributed by atoms with Gasteiger partial charge in [0.05, 0.1) is 0 Å². The number of carbonyl (C=O) groups excluding carboxylic acids is 2. The SMILES string of the molecule is Cc1ccccc1C(=O)NC1CCN(C(=O)c2ccn(C)c(=O)c2)CC1. The quantitative estimate of drug-likeness (QED) is 0.913. The third kappa shape index (κ3) is 3.85. The number of rotatable bonds is 3. The predicted octanol–water partition coefficient (Wildman–Crippen LogP) is 1.73. The summed E-state index contributed by atoms with van der Waals surface area (Å²) in [6.07, 6.45) is 3.01. The van der Waals surface area contributed by atoms with E-state index in [2.05, 4.69) is 5.32 Å². The van der Waals surface area contributed by atoms with E-state index >= 15 is 0 Å². The molecule has 0 bridgehead atoms. The van der Waals surface area contributed by atoms with Gasteiger partial charge in [-0.3, -0.25) is 14.4 Å². The van der Waals surface area contributed by atoms with Crippen molar-refractivity contribution in [3.8, 4) is 0 Å². The van der Waals surface area contributed by atoms with Crippen LogP contribution in [-0.2, 0) is 7.05 Å². The number of pyridine rings is 1. The maximum Gasteiger partial charge on any atom is 0.254 e. The van der Waals surface area contributed by atoms with Gasteiger partial charge in [0.1, 0.15) is 0 Å². The molecule has 2 amide bonds. The molecule has 0 atom stereocenters. The van der Waals surface area contributed by atoms with Gasteiger partial charge in [-0.15, -0.1) is 0 Å². The second-order valence-electron chi connectivity index (χ2n) is 6.72. The van der Waals surface area contributed by atoms with Gasteiger partial charge in [0.25, 0.3) is 17.4 Å². The van der Waals surface area contributed by atoms with E-state index in [4.69, 9.17) is 0 Å². The minimum Gasteiger partial charge on any atom is -0.349 e. The molecule has 1 saturated heterocycles. The third-order valence-electron chi connectivity index (χ3n) is 4.86. The summed E-state index contributed by atoms with van der Waals surface area (Å²) in [5.74, 6) is -0.203. The predicted molar refractivity (Wildman–Crippen MR) is 99.3 cm³/mol. The molecule has 26 heavy (non-hydrogen) atoms. The van der Waals surface area contributed by atoms with E-state index in [1.807, 2.05) is 31.2 Å². The summed E-state index contributed by atoms with van der Waals surface area (Å²) >= 11 is 0. The van der Waals surface area contributed by atoms with Gasteiger partial charge in [0, 0.05) is 49.6 Å². The van der Waals surface area contributed by atoms with Crippen LogP contribution < -0.4 is 10.9 Å². The number of benzene rings is 1. The second-order valence-corrected chi connectivity index (χ2v) is 6.72. The number of nitrogens with one attached hydrogen (secondary N) is 1. The maximum atomic E-state index is 12.5. The summed E-state index contributed by atoms with van der Waals surface area (Å²) in [5, 5.41) is 3.06. The van der Waals surface area contributed by atoms with Gasteiger partial charge >= 0.3 is 0 Å². The Morgan fingerprint density at radius 2 is 1.81 bits per heavy atom. The minimum absolute atomic E-state index is 0.0507. The Hall–Kier alpha value is -2.89. The number of hydrogen-bond donors (Lipinski definition) is 1. The molecule has 0 radical (unpaired) electrons. The van der Waals surface area contributed by atoms with Crippen LogP contribution in [0.1, 0.15) is 39.1 Å². The molecular formula is C20H23N3O3. The van der Waals surface area contributed by atoms with Gasteiger partial charge in [-0.1, -0.05) is 18.2 Å². The monoisotopic (exact) mass is 353 g/mol. The fourth-order valence-corrected chi connectivity index (χ4v) is 3.18. The molecule has 2 heterocycles. The average Bonchev–Trinajstić information content (AvgIpc) is 2.64. The molecule has 1 aliphatic heterocycles. The second kappa shape index (κ2) is 7.56. The van der Waals surface area contributed by atoms with Crippen LogP contribution in [-0.4, -0.2) is 40.4 Å². The Balaban J connectivity index is 1.58. The smallest absolute Gasteiger partial charge is 0.254 e. The van der Waals surface area contributed by atoms with Crippen LogP contribution in [0.4, 0.5) is 0 Å². The first kappa shape index (κ1) is 17.9. The molecule has 136 valence electrons. The van der Waals surface area contributed by atoms with Crippen molar-refractivity contribution in [3.05, 3.63) is 69.6 Å². The topological polar surface area (TPSA) is 71.4 Å². The molecule has 0 saturated carbocycles. The van der Waals surface area contributed by atoms with Crippen LogP contribution in [0, 0.1) is 6.92 Å². The fraction of sp³-hybridized carbons (Fsp3) is 0.350. The molecular weight excluding hydrogens is 330 g/mol. The first-order chi connectivity index (χ1) is 12.5. The van der Waals surface area contributed by atoms with Crippen molar-refractivity contribution in [1.29, 1.82) is 0 Å². The van der Waals surface area contributed by atoms with E-state index in [-0.39, 0.29) is 23.4 Å². The molecule has 1 aliphatic rings. The van der Waals surface area contributed by atoms with Crippen molar-refractivity contribution >= 4 is 11.8 Å². The molecule has 0 spiro atoms. The zero-order chi connectivity index (χ0) is 18.7. The van der Waals surface area contributed by atoms with Crippen molar-refractivity contribution in [2.75, 3.05) is 13.1 Å². The number of nitrogens with zero attached hydrogens (tertiary/aromatic N) is 2. The summed E-state index contributed by atoms with van der Waals surface area (Å²) in [4.78, 5) is 38.4. The fourth-order valence-electron chi connectivity index (χ4n) is 3.18. The number of carbonyl (C=O) groups is 2. The summed E-state index contributed by atoms with van der Waals surface area (Å²) in [6, 6.07) is 10.6. The zero-order valence-electron chi connectivity index (χ0n) is 15.1. The van der Waals surface area contributed by atoms with Crippen molar-refractivity contribution in [1.82, 2.24) is 14.8 Å². The van der Waals surface area contributed by atoms with E-state index in [1.54, 1.807) is 24.2 Å². The van der Waals surface area contributed by atoms with Crippen LogP contribution in [0.15, 0.2) is 47.4 Å². The van der Waals surface area contributed by atoms with Gasteiger partial charge in [-0.25, -0.2) is 0 Å². The molecule has 6 heteroatoms. The maximum absolute atomic E-state index is 12.5. The standard InChI is InChI=1S/C20H23N3O3/c1-14-5-3-4-6-17(14)19(25)21-16-8-11-23(12-9-16)20(26)15-7-10-22(2)18(24)13-15/h3-7,10,13,16H,8-9,11-12H2,1-2H3,(H,21,25). The lowest BCUT2D eigenvalue weighted by Gasteiger charge is -2.32. The lowest BCUT2D eigenvalue weighted by Crippen LogP contribution is -2.46. The van der Waals surface area contributed by atoms with Crippen molar-refractivity contribution in [2.24, 2.45) is 7.05 Å². The molecule has 0 unspecified atom stereocenters. The lowest BCUT2D eigenvalue weighted by molar-refractivity contribution is 0.0697. The van der Waals surface area contributed by atoms with Crippen molar-refractivity contribution in [2.45, 2.75) is 25.8 Å². The van der Waals surface area contributed by atoms with E-state index in [0.717, 1.165) is 5.56 Å². The Morgan fingerprint density at radius 3 is 2.46 bits per heavy atom. The van der Waals surface area contributed by atoms with E-state index in [9.17, 15) is 14.4 Å². The number of amides is 2. The van der Waals surface area contributed by atoms with Gasteiger partial charge in [0.15, 0.2) is 0 Å². The Kier molecular flexibility index (Phi) is 5.21. The van der Waals surface area contributed by atoms with Gasteiger partial charge in [-0.05, 0) is 37.5 Å². The summed E-state index contributed by atoms with van der Waals surface area (Å²) < 4.78 is 1.43. The molecule has 6 nitrogen and oxygen atoms in total. The summed E-state index contributed by atoms with van der Waals surface area (Å²) in [5.41, 5.74) is 1.85. The lowest BCUT2D eigenvalue weighted by atomic mass is 10.0. The van der Waals surface area contributed by atoms with Gasteiger partial charge < -0.3 is 14.8 Å². The molecule has 1 fully saturated rings. The number of aryl methyl sites for hydroxylation is 2. The molecule has 0 aliphatic carbocycles. The van der Waals surface area contributed by atoms with Crippen LogP contribution in [0.25, 0.3) is 0 Å². The van der Waals surface area contributed by atoms with Crippen molar-refractivity contribution < 1.29 is 9.59 Å². The van der Waals surface area contributed by atoms with Crippen LogP contribution in [0.5, 0.6) is 0 Å². The zero-order valence-corrected chi connectivity index (χ0v) is 15.1. The van der Waals surface area contributed by atoms with Crippen LogP contribution >= 0.6 is 0 Å².